The van der Waals surface area contributed by atoms with E-state index in [0.29, 0.717) is 27.8 Å². The molecule has 10 aromatic carbocycles. The van der Waals surface area contributed by atoms with Crippen molar-refractivity contribution in [3.05, 3.63) is 268 Å². The van der Waals surface area contributed by atoms with Crippen LogP contribution in [0.5, 0.6) is 86.2 Å². The van der Waals surface area contributed by atoms with Gasteiger partial charge in [-0.3, -0.25) is 0 Å². The van der Waals surface area contributed by atoms with Gasteiger partial charge >= 0.3 is 0 Å². The van der Waals surface area contributed by atoms with Crippen molar-refractivity contribution in [2.45, 2.75) is 0 Å². The molecule has 0 aliphatic rings. The Hall–Kier alpha value is -12.1. The first-order valence-electron chi connectivity index (χ1n) is 25.7. The number of phenolic OH excluding ortho intramolecular Hbond substituents is 15. The van der Waals surface area contributed by atoms with Crippen LogP contribution in [0.4, 0.5) is 0 Å². The Balaban J connectivity index is 0.000000170. The molecule has 85 heavy (non-hydrogen) atoms. The van der Waals surface area contributed by atoms with E-state index in [4.69, 9.17) is 25.5 Å². The molecule has 0 aliphatic carbocycles. The summed E-state index contributed by atoms with van der Waals surface area (Å²) in [6.07, 6.45) is 18.0. The molecule has 15 nitrogen and oxygen atoms in total. The largest absolute Gasteiger partial charge is 0.508 e. The summed E-state index contributed by atoms with van der Waals surface area (Å²) in [5.41, 5.74) is 8.13. The lowest BCUT2D eigenvalue weighted by Gasteiger charge is -1.98. The Bertz CT molecular complexity index is 3210. The molecule has 0 radical (unpaired) electrons. The van der Waals surface area contributed by atoms with Gasteiger partial charge in [0.05, 0.1) is 0 Å². The normalized spacial score (nSPS) is 10.8. The molecular formula is C70H60O15. The highest BCUT2D eigenvalue weighted by molar-refractivity contribution is 5.75. The topological polar surface area (TPSA) is 303 Å². The van der Waals surface area contributed by atoms with Crippen molar-refractivity contribution in [1.82, 2.24) is 0 Å². The van der Waals surface area contributed by atoms with Crippen LogP contribution in [0.1, 0.15) is 55.6 Å². The minimum Gasteiger partial charge on any atom is -0.508 e. The first kappa shape index (κ1) is 62.1. The van der Waals surface area contributed by atoms with Crippen LogP contribution in [0.3, 0.4) is 0 Å². The minimum absolute atomic E-state index is 0.0235. The SMILES string of the molecule is Oc1ccc(/C=C/c2cc(O)cc(O)c2)cc1.Oc1ccc(/C=C/c2cc(O)cc(O)c2)cc1.Oc1ccc(/C=C/c2cc(O)cc(O)c2)cc1.Oc1ccc(/C=C/c2cc(O)cc(O)c2)cc1.Oc1ccc(/C=C/c2cc(O)cc(O)c2)cc1. The van der Waals surface area contributed by atoms with E-state index in [0.717, 1.165) is 27.8 Å². The molecule has 0 bridgehead atoms. The number of phenols is 15. The van der Waals surface area contributed by atoms with E-state index in [2.05, 4.69) is 0 Å². The van der Waals surface area contributed by atoms with Crippen LogP contribution in [0.25, 0.3) is 60.8 Å². The van der Waals surface area contributed by atoms with E-state index in [-0.39, 0.29) is 86.2 Å². The lowest BCUT2D eigenvalue weighted by Crippen LogP contribution is -1.74. The first-order chi connectivity index (χ1) is 40.7. The third-order valence-corrected chi connectivity index (χ3v) is 11.4. The van der Waals surface area contributed by atoms with E-state index in [1.54, 1.807) is 212 Å². The molecule has 0 unspecified atom stereocenters. The summed E-state index contributed by atoms with van der Waals surface area (Å²) in [5.74, 6) is 1.33. The predicted octanol–water partition coefficient (Wildman–Crippen LogP) is 14.9. The molecule has 15 N–H and O–H groups in total. The van der Waals surface area contributed by atoms with Crippen LogP contribution in [0.2, 0.25) is 0 Å². The molecule has 0 fully saturated rings. The molecule has 0 heterocycles. The number of hydrogen-bond donors (Lipinski definition) is 15. The fourth-order valence-corrected chi connectivity index (χ4v) is 7.46. The molecule has 430 valence electrons. The van der Waals surface area contributed by atoms with Crippen LogP contribution in [-0.4, -0.2) is 76.6 Å². The number of benzene rings is 10. The van der Waals surface area contributed by atoms with Gasteiger partial charge in [0, 0.05) is 30.3 Å². The third-order valence-electron chi connectivity index (χ3n) is 11.4. The second-order valence-corrected chi connectivity index (χ2v) is 18.5. The standard InChI is InChI=1S/5C14H12O3/c5*15-12-5-3-10(4-6-12)1-2-11-7-13(16)9-14(17)8-11/h5*1-9,15-17H/b5*2-1+. The molecule has 10 rings (SSSR count). The zero-order chi connectivity index (χ0) is 61.3. The van der Waals surface area contributed by atoms with E-state index in [1.807, 2.05) is 30.4 Å². The molecule has 0 aromatic heterocycles. The second kappa shape index (κ2) is 31.0. The van der Waals surface area contributed by atoms with Crippen molar-refractivity contribution < 1.29 is 76.6 Å². The zero-order valence-corrected chi connectivity index (χ0v) is 45.2. The van der Waals surface area contributed by atoms with Crippen molar-refractivity contribution in [1.29, 1.82) is 0 Å². The van der Waals surface area contributed by atoms with Gasteiger partial charge in [0.1, 0.15) is 86.2 Å². The van der Waals surface area contributed by atoms with Gasteiger partial charge in [0.15, 0.2) is 0 Å². The smallest absolute Gasteiger partial charge is 0.119 e. The van der Waals surface area contributed by atoms with Crippen molar-refractivity contribution in [3.8, 4) is 86.2 Å². The van der Waals surface area contributed by atoms with Gasteiger partial charge in [0.25, 0.3) is 0 Å². The van der Waals surface area contributed by atoms with Gasteiger partial charge in [-0.25, -0.2) is 0 Å². The maximum absolute atomic E-state index is 9.30. The van der Waals surface area contributed by atoms with Crippen molar-refractivity contribution in [2.75, 3.05) is 0 Å². The Morgan fingerprint density at radius 2 is 0.224 bits per heavy atom. The fraction of sp³-hybridized carbons (Fsp3) is 0. The lowest BCUT2D eigenvalue weighted by molar-refractivity contribution is 0.449. The van der Waals surface area contributed by atoms with E-state index in [1.165, 1.54) is 30.3 Å². The molecule has 0 amide bonds. The summed E-state index contributed by atoms with van der Waals surface area (Å²) in [4.78, 5) is 0. The monoisotopic (exact) mass is 1140 g/mol. The van der Waals surface area contributed by atoms with Gasteiger partial charge in [0.2, 0.25) is 0 Å². The average molecular weight is 1140 g/mol. The van der Waals surface area contributed by atoms with Crippen LogP contribution in [0.15, 0.2) is 212 Å². The summed E-state index contributed by atoms with van der Waals surface area (Å²) >= 11 is 0. The van der Waals surface area contributed by atoms with Gasteiger partial charge < -0.3 is 76.6 Å². The van der Waals surface area contributed by atoms with E-state index in [9.17, 15) is 51.1 Å². The maximum atomic E-state index is 9.30. The van der Waals surface area contributed by atoms with Gasteiger partial charge in [-0.15, -0.1) is 0 Å². The molecule has 15 heteroatoms. The summed E-state index contributed by atoms with van der Waals surface area (Å²) < 4.78 is 0. The highest BCUT2D eigenvalue weighted by Crippen LogP contribution is 2.27. The lowest BCUT2D eigenvalue weighted by atomic mass is 10.1. The Morgan fingerprint density at radius 1 is 0.118 bits per heavy atom. The molecule has 0 atom stereocenters. The third kappa shape index (κ3) is 23.3. The summed E-state index contributed by atoms with van der Waals surface area (Å²) in [7, 11) is 0. The van der Waals surface area contributed by atoms with Gasteiger partial charge in [-0.2, -0.15) is 0 Å². The highest BCUT2D eigenvalue weighted by Gasteiger charge is 2.01. The van der Waals surface area contributed by atoms with Crippen molar-refractivity contribution >= 4 is 60.8 Å². The Kier molecular flexibility index (Phi) is 22.7. The maximum Gasteiger partial charge on any atom is 0.119 e. The average Bonchev–Trinajstić information content (AvgIpc) is 3.47. The van der Waals surface area contributed by atoms with Crippen LogP contribution in [0, 0.1) is 0 Å². The highest BCUT2D eigenvalue weighted by atomic mass is 16.3. The molecule has 0 saturated heterocycles. The molecular weight excluding hydrogens is 1080 g/mol. The Morgan fingerprint density at radius 3 is 0.341 bits per heavy atom. The predicted molar refractivity (Wildman–Crippen MR) is 334 cm³/mol. The molecule has 0 saturated carbocycles. The molecule has 0 spiro atoms. The van der Waals surface area contributed by atoms with Crippen molar-refractivity contribution in [2.24, 2.45) is 0 Å². The first-order valence-corrected chi connectivity index (χ1v) is 25.7. The van der Waals surface area contributed by atoms with E-state index >= 15 is 0 Å². The van der Waals surface area contributed by atoms with Gasteiger partial charge in [-0.1, -0.05) is 121 Å². The quantitative estimate of drug-likeness (QED) is 0.0566. The second-order valence-electron chi connectivity index (χ2n) is 18.5. The fourth-order valence-electron chi connectivity index (χ4n) is 7.46. The Labute approximate surface area is 489 Å². The van der Waals surface area contributed by atoms with Crippen LogP contribution >= 0.6 is 0 Å². The summed E-state index contributed by atoms with van der Waals surface area (Å²) in [6, 6.07) is 55.6. The van der Waals surface area contributed by atoms with Crippen molar-refractivity contribution in [3.63, 3.8) is 0 Å². The zero-order valence-electron chi connectivity index (χ0n) is 45.2. The number of aromatic hydroxyl groups is 15. The van der Waals surface area contributed by atoms with Gasteiger partial charge in [-0.05, 0) is 177 Å². The van der Waals surface area contributed by atoms with Crippen LogP contribution in [-0.2, 0) is 0 Å². The number of rotatable bonds is 10. The molecule has 0 aliphatic heterocycles. The van der Waals surface area contributed by atoms with Crippen LogP contribution < -0.4 is 0 Å². The summed E-state index contributed by atoms with van der Waals surface area (Å²) in [5, 5.41) is 139. The molecule has 10 aromatic rings. The van der Waals surface area contributed by atoms with E-state index < -0.39 is 0 Å². The minimum atomic E-state index is 0.0235. The number of hydrogen-bond acceptors (Lipinski definition) is 15. The summed E-state index contributed by atoms with van der Waals surface area (Å²) in [6.45, 7) is 0.